The van der Waals surface area contributed by atoms with Gasteiger partial charge in [0.1, 0.15) is 0 Å². The van der Waals surface area contributed by atoms with Gasteiger partial charge in [-0.1, -0.05) is 29.8 Å². The Balaban J connectivity index is 2.61. The Morgan fingerprint density at radius 2 is 1.95 bits per heavy atom. The lowest BCUT2D eigenvalue weighted by Gasteiger charge is -2.26. The summed E-state index contributed by atoms with van der Waals surface area (Å²) in [6, 6.07) is 7.25. The molecule has 1 aromatic carbocycles. The summed E-state index contributed by atoms with van der Waals surface area (Å²) in [6.07, 6.45) is 0.603. The minimum absolute atomic E-state index is 0.0139. The van der Waals surface area contributed by atoms with E-state index in [4.69, 9.17) is 16.7 Å². The number of aliphatic carboxylic acids is 1. The maximum atomic E-state index is 11.9. The second kappa shape index (κ2) is 7.14. The average Bonchev–Trinajstić information content (AvgIpc) is 2.37. The van der Waals surface area contributed by atoms with E-state index in [2.05, 4.69) is 0 Å². The van der Waals surface area contributed by atoms with Gasteiger partial charge < -0.3 is 10.0 Å². The van der Waals surface area contributed by atoms with Crippen molar-refractivity contribution in [1.29, 1.82) is 0 Å². The van der Waals surface area contributed by atoms with E-state index in [0.29, 0.717) is 11.4 Å². The van der Waals surface area contributed by atoms with Crippen molar-refractivity contribution in [2.24, 2.45) is 0 Å². The molecule has 4 nitrogen and oxygen atoms in total. The number of rotatable bonds is 6. The fraction of sp³-hybridized carbons (Fsp3) is 0.429. The van der Waals surface area contributed by atoms with Crippen LogP contribution in [-0.4, -0.2) is 28.9 Å². The lowest BCUT2D eigenvalue weighted by molar-refractivity contribution is -0.137. The zero-order valence-electron chi connectivity index (χ0n) is 11.1. The van der Waals surface area contributed by atoms with Gasteiger partial charge in [0.15, 0.2) is 0 Å². The van der Waals surface area contributed by atoms with E-state index in [1.165, 1.54) is 0 Å². The lowest BCUT2D eigenvalue weighted by Crippen LogP contribution is -2.29. The third-order valence-corrected chi connectivity index (χ3v) is 3.46. The SMILES string of the molecule is CC(c1ccccc1Cl)N(C)C(=O)CCCC(=O)O. The highest BCUT2D eigenvalue weighted by Gasteiger charge is 2.19. The number of carboxylic acid groups (broad SMARTS) is 1. The van der Waals surface area contributed by atoms with Crippen LogP contribution in [0.1, 0.15) is 37.8 Å². The minimum Gasteiger partial charge on any atom is -0.481 e. The van der Waals surface area contributed by atoms with Crippen LogP contribution < -0.4 is 0 Å². The summed E-state index contributed by atoms with van der Waals surface area (Å²) in [5.41, 5.74) is 0.887. The zero-order chi connectivity index (χ0) is 14.4. The predicted octanol–water partition coefficient (Wildman–Crippen LogP) is 3.11. The van der Waals surface area contributed by atoms with Crippen molar-refractivity contribution in [1.82, 2.24) is 4.90 Å². The second-order valence-corrected chi connectivity index (χ2v) is 4.86. The normalized spacial score (nSPS) is 11.9. The number of carboxylic acids is 1. The summed E-state index contributed by atoms with van der Waals surface area (Å²) in [7, 11) is 1.71. The molecule has 19 heavy (non-hydrogen) atoms. The fourth-order valence-electron chi connectivity index (χ4n) is 1.81. The van der Waals surface area contributed by atoms with E-state index >= 15 is 0 Å². The van der Waals surface area contributed by atoms with Crippen LogP contribution in [0.4, 0.5) is 0 Å². The highest BCUT2D eigenvalue weighted by atomic mass is 35.5. The topological polar surface area (TPSA) is 57.6 Å². The molecule has 1 unspecified atom stereocenters. The van der Waals surface area contributed by atoms with E-state index in [1.54, 1.807) is 18.0 Å². The summed E-state index contributed by atoms with van der Waals surface area (Å²) >= 11 is 6.10. The highest BCUT2D eigenvalue weighted by molar-refractivity contribution is 6.31. The largest absolute Gasteiger partial charge is 0.481 e. The molecule has 0 radical (unpaired) electrons. The van der Waals surface area contributed by atoms with Gasteiger partial charge >= 0.3 is 5.97 Å². The van der Waals surface area contributed by atoms with Gasteiger partial charge in [-0.3, -0.25) is 9.59 Å². The number of hydrogen-bond acceptors (Lipinski definition) is 2. The number of nitrogens with zero attached hydrogens (tertiary/aromatic N) is 1. The molecule has 0 spiro atoms. The molecule has 0 bridgehead atoms. The van der Waals surface area contributed by atoms with Crippen LogP contribution in [0.3, 0.4) is 0 Å². The van der Waals surface area contributed by atoms with Crippen molar-refractivity contribution >= 4 is 23.5 Å². The zero-order valence-corrected chi connectivity index (χ0v) is 11.9. The predicted molar refractivity (Wildman–Crippen MR) is 74.1 cm³/mol. The first-order valence-electron chi connectivity index (χ1n) is 6.15. The van der Waals surface area contributed by atoms with Crippen molar-refractivity contribution in [2.75, 3.05) is 7.05 Å². The van der Waals surface area contributed by atoms with Crippen LogP contribution in [-0.2, 0) is 9.59 Å². The molecule has 0 aliphatic rings. The van der Waals surface area contributed by atoms with Crippen LogP contribution >= 0.6 is 11.6 Å². The molecular weight excluding hydrogens is 266 g/mol. The molecule has 104 valence electrons. The van der Waals surface area contributed by atoms with E-state index in [9.17, 15) is 9.59 Å². The van der Waals surface area contributed by atoms with Crippen LogP contribution in [0, 0.1) is 0 Å². The van der Waals surface area contributed by atoms with Gasteiger partial charge in [0.25, 0.3) is 0 Å². The van der Waals surface area contributed by atoms with Gasteiger partial charge in [-0.05, 0) is 25.0 Å². The summed E-state index contributed by atoms with van der Waals surface area (Å²) in [5.74, 6) is -0.955. The Morgan fingerprint density at radius 3 is 2.53 bits per heavy atom. The quantitative estimate of drug-likeness (QED) is 0.873. The van der Waals surface area contributed by atoms with Crippen LogP contribution in [0.5, 0.6) is 0 Å². The third-order valence-electron chi connectivity index (χ3n) is 3.11. The van der Waals surface area contributed by atoms with E-state index < -0.39 is 5.97 Å². The van der Waals surface area contributed by atoms with Crippen molar-refractivity contribution < 1.29 is 14.7 Å². The van der Waals surface area contributed by atoms with E-state index in [-0.39, 0.29) is 24.8 Å². The lowest BCUT2D eigenvalue weighted by atomic mass is 10.1. The Hall–Kier alpha value is -1.55. The van der Waals surface area contributed by atoms with Crippen molar-refractivity contribution in [3.05, 3.63) is 34.9 Å². The Labute approximate surface area is 118 Å². The van der Waals surface area contributed by atoms with Gasteiger partial charge in [-0.25, -0.2) is 0 Å². The number of amides is 1. The monoisotopic (exact) mass is 283 g/mol. The molecule has 0 aliphatic heterocycles. The van der Waals surface area contributed by atoms with Crippen molar-refractivity contribution in [2.45, 2.75) is 32.2 Å². The first-order valence-corrected chi connectivity index (χ1v) is 6.53. The molecule has 0 aliphatic carbocycles. The Kier molecular flexibility index (Phi) is 5.83. The van der Waals surface area contributed by atoms with Crippen molar-refractivity contribution in [3.63, 3.8) is 0 Å². The standard InChI is InChI=1S/C14H18ClNO3/c1-10(11-6-3-4-7-12(11)15)16(2)13(17)8-5-9-14(18)19/h3-4,6-7,10H,5,8-9H2,1-2H3,(H,18,19). The van der Waals surface area contributed by atoms with Crippen LogP contribution in [0.15, 0.2) is 24.3 Å². The summed E-state index contributed by atoms with van der Waals surface area (Å²) < 4.78 is 0. The number of carbonyl (C=O) groups excluding carboxylic acids is 1. The number of hydrogen-bond donors (Lipinski definition) is 1. The first kappa shape index (κ1) is 15.5. The molecule has 1 rings (SSSR count). The number of halogens is 1. The molecular formula is C14H18ClNO3. The van der Waals surface area contributed by atoms with Gasteiger partial charge in [0, 0.05) is 24.9 Å². The summed E-state index contributed by atoms with van der Waals surface area (Å²) in [6.45, 7) is 1.90. The number of benzene rings is 1. The van der Waals surface area contributed by atoms with Gasteiger partial charge in [0.05, 0.1) is 6.04 Å². The molecule has 0 heterocycles. The van der Waals surface area contributed by atoms with E-state index in [1.807, 2.05) is 25.1 Å². The van der Waals surface area contributed by atoms with Crippen LogP contribution in [0.25, 0.3) is 0 Å². The molecule has 1 N–H and O–H groups in total. The smallest absolute Gasteiger partial charge is 0.303 e. The Morgan fingerprint density at radius 1 is 1.32 bits per heavy atom. The molecule has 0 saturated carbocycles. The molecule has 1 aromatic rings. The van der Waals surface area contributed by atoms with Gasteiger partial charge in [-0.2, -0.15) is 0 Å². The minimum atomic E-state index is -0.880. The average molecular weight is 284 g/mol. The molecule has 5 heteroatoms. The fourth-order valence-corrected chi connectivity index (χ4v) is 2.10. The molecule has 0 saturated heterocycles. The molecule has 1 amide bonds. The van der Waals surface area contributed by atoms with Gasteiger partial charge in [-0.15, -0.1) is 0 Å². The molecule has 1 atom stereocenters. The first-order chi connectivity index (χ1) is 8.93. The molecule has 0 fully saturated rings. The Bertz CT molecular complexity index is 462. The number of carbonyl (C=O) groups is 2. The van der Waals surface area contributed by atoms with E-state index in [0.717, 1.165) is 5.56 Å². The molecule has 0 aromatic heterocycles. The van der Waals surface area contributed by atoms with Crippen LogP contribution in [0.2, 0.25) is 5.02 Å². The maximum Gasteiger partial charge on any atom is 0.303 e. The third kappa shape index (κ3) is 4.56. The second-order valence-electron chi connectivity index (χ2n) is 4.45. The highest BCUT2D eigenvalue weighted by Crippen LogP contribution is 2.26. The maximum absolute atomic E-state index is 11.9. The summed E-state index contributed by atoms with van der Waals surface area (Å²) in [5, 5.41) is 9.17. The van der Waals surface area contributed by atoms with Gasteiger partial charge in [0.2, 0.25) is 5.91 Å². The van der Waals surface area contributed by atoms with Crippen molar-refractivity contribution in [3.8, 4) is 0 Å². The summed E-state index contributed by atoms with van der Waals surface area (Å²) in [4.78, 5) is 23.9.